The van der Waals surface area contributed by atoms with Gasteiger partial charge in [0, 0.05) is 12.6 Å². The molecule has 3 aliphatic rings. The van der Waals surface area contributed by atoms with E-state index in [4.69, 9.17) is 9.26 Å². The lowest BCUT2D eigenvalue weighted by Crippen LogP contribution is -2.44. The summed E-state index contributed by atoms with van der Waals surface area (Å²) in [6.45, 7) is 2.54. The fourth-order valence-corrected chi connectivity index (χ4v) is 4.37. The number of hydrogen-bond donors (Lipinski definition) is 1. The zero-order valence-corrected chi connectivity index (χ0v) is 14.8. The Hall–Kier alpha value is -2.93. The molecular formula is C20H19N3O4. The number of nitrogens with zero attached hydrogens (tertiary/aromatic N) is 2. The topological polar surface area (TPSA) is 84.7 Å². The van der Waals surface area contributed by atoms with Gasteiger partial charge in [-0.25, -0.2) is 0 Å². The first kappa shape index (κ1) is 16.3. The molecule has 0 aliphatic carbocycles. The summed E-state index contributed by atoms with van der Waals surface area (Å²) in [6.07, 6.45) is 3.46. The van der Waals surface area contributed by atoms with Crippen molar-refractivity contribution in [2.24, 2.45) is 11.8 Å². The molecule has 4 atom stereocenters. The number of nitrogens with one attached hydrogen (secondary N) is 1. The molecule has 1 aromatic heterocycles. The molecule has 7 heteroatoms. The molecule has 2 amide bonds. The van der Waals surface area contributed by atoms with Crippen LogP contribution in [-0.2, 0) is 20.9 Å². The van der Waals surface area contributed by atoms with Crippen LogP contribution in [0.4, 0.5) is 5.82 Å². The zero-order chi connectivity index (χ0) is 18.6. The van der Waals surface area contributed by atoms with Gasteiger partial charge in [-0.2, -0.15) is 0 Å². The quantitative estimate of drug-likeness (QED) is 0.832. The third kappa shape index (κ3) is 2.42. The van der Waals surface area contributed by atoms with Gasteiger partial charge in [0.05, 0.1) is 24.5 Å². The molecule has 0 unspecified atom stereocenters. The second-order valence-corrected chi connectivity index (χ2v) is 7.32. The highest BCUT2D eigenvalue weighted by Gasteiger charge is 2.67. The first-order chi connectivity index (χ1) is 13.1. The van der Waals surface area contributed by atoms with Crippen molar-refractivity contribution >= 4 is 17.6 Å². The fraction of sp³-hybridized carbons (Fsp3) is 0.350. The number of aryl methyl sites for hydroxylation is 1. The Balaban J connectivity index is 1.38. The highest BCUT2D eigenvalue weighted by molar-refractivity contribution is 6.02. The van der Waals surface area contributed by atoms with E-state index in [0.717, 1.165) is 5.56 Å². The van der Waals surface area contributed by atoms with Crippen LogP contribution in [0.1, 0.15) is 11.3 Å². The van der Waals surface area contributed by atoms with Gasteiger partial charge in [0.25, 0.3) is 0 Å². The maximum atomic E-state index is 13.1. The molecule has 4 heterocycles. The minimum atomic E-state index is -0.761. The highest BCUT2D eigenvalue weighted by atomic mass is 16.5. The molecule has 2 aromatic rings. The molecule has 5 rings (SSSR count). The molecule has 1 aromatic carbocycles. The van der Waals surface area contributed by atoms with Gasteiger partial charge in [-0.15, -0.1) is 0 Å². The van der Waals surface area contributed by atoms with Crippen molar-refractivity contribution in [2.75, 3.05) is 11.4 Å². The van der Waals surface area contributed by atoms with Crippen molar-refractivity contribution < 1.29 is 18.8 Å². The van der Waals surface area contributed by atoms with Gasteiger partial charge in [0.2, 0.25) is 11.8 Å². The van der Waals surface area contributed by atoms with Crippen LogP contribution >= 0.6 is 0 Å². The fourth-order valence-electron chi connectivity index (χ4n) is 4.37. The van der Waals surface area contributed by atoms with Crippen molar-refractivity contribution in [2.45, 2.75) is 25.2 Å². The van der Waals surface area contributed by atoms with Crippen LogP contribution in [0.2, 0.25) is 0 Å². The van der Waals surface area contributed by atoms with Crippen molar-refractivity contribution in [3.8, 4) is 0 Å². The number of aromatic nitrogens is 1. The molecule has 1 spiro atoms. The minimum absolute atomic E-state index is 0.144. The Morgan fingerprint density at radius 3 is 2.93 bits per heavy atom. The molecule has 2 saturated heterocycles. The van der Waals surface area contributed by atoms with E-state index in [2.05, 4.69) is 10.5 Å². The van der Waals surface area contributed by atoms with Crippen LogP contribution in [0.3, 0.4) is 0 Å². The smallest absolute Gasteiger partial charge is 0.235 e. The average molecular weight is 365 g/mol. The number of fused-ring (bicyclic) bond motifs is 1. The number of anilines is 1. The molecule has 0 radical (unpaired) electrons. The SMILES string of the molecule is Cc1cc(N2C[C@@]34C=C[C@@H](O3)[C@H](C(=O)NCc3ccccc3)[C@@H]4C2=O)no1. The molecule has 3 aliphatic heterocycles. The summed E-state index contributed by atoms with van der Waals surface area (Å²) in [4.78, 5) is 27.6. The van der Waals surface area contributed by atoms with Gasteiger partial charge in [0.1, 0.15) is 11.4 Å². The number of ether oxygens (including phenoxy) is 1. The maximum Gasteiger partial charge on any atom is 0.235 e. The van der Waals surface area contributed by atoms with Crippen molar-refractivity contribution in [1.82, 2.24) is 10.5 Å². The lowest BCUT2D eigenvalue weighted by atomic mass is 9.77. The molecule has 2 fully saturated rings. The van der Waals surface area contributed by atoms with E-state index in [-0.39, 0.29) is 17.9 Å². The maximum absolute atomic E-state index is 13.1. The standard InChI is InChI=1S/C20H19N3O4/c1-12-9-15(22-27-12)23-11-20-8-7-14(26-20)16(17(20)19(23)25)18(24)21-10-13-5-3-2-4-6-13/h2-9,14,16-17H,10-11H2,1H3,(H,21,24)/t14-,16+,17-,20-/m1/s1. The average Bonchev–Trinajstić information content (AvgIpc) is 3.42. The zero-order valence-electron chi connectivity index (χ0n) is 14.8. The predicted octanol–water partition coefficient (Wildman–Crippen LogP) is 1.59. The summed E-state index contributed by atoms with van der Waals surface area (Å²) >= 11 is 0. The Labute approximate surface area is 156 Å². The number of amides is 2. The first-order valence-electron chi connectivity index (χ1n) is 9.01. The summed E-state index contributed by atoms with van der Waals surface area (Å²) in [5.74, 6) is -0.290. The first-order valence-corrected chi connectivity index (χ1v) is 9.01. The molecule has 0 saturated carbocycles. The van der Waals surface area contributed by atoms with Crippen LogP contribution in [0.15, 0.2) is 53.1 Å². The third-order valence-electron chi connectivity index (χ3n) is 5.60. The lowest BCUT2D eigenvalue weighted by Gasteiger charge is -2.23. The predicted molar refractivity (Wildman–Crippen MR) is 95.6 cm³/mol. The monoisotopic (exact) mass is 365 g/mol. The van der Waals surface area contributed by atoms with E-state index in [1.807, 2.05) is 42.5 Å². The summed E-state index contributed by atoms with van der Waals surface area (Å²) in [6, 6.07) is 11.4. The normalized spacial score (nSPS) is 30.8. The van der Waals surface area contributed by atoms with Gasteiger partial charge in [-0.3, -0.25) is 14.5 Å². The van der Waals surface area contributed by atoms with E-state index >= 15 is 0 Å². The number of rotatable bonds is 4. The third-order valence-corrected chi connectivity index (χ3v) is 5.60. The Bertz CT molecular complexity index is 938. The molecule has 1 N–H and O–H groups in total. The minimum Gasteiger partial charge on any atom is -0.360 e. The van der Waals surface area contributed by atoms with Crippen LogP contribution in [0.25, 0.3) is 0 Å². The van der Waals surface area contributed by atoms with Gasteiger partial charge < -0.3 is 14.6 Å². The van der Waals surface area contributed by atoms with E-state index in [1.54, 1.807) is 17.9 Å². The Kier molecular flexibility index (Phi) is 3.48. The van der Waals surface area contributed by atoms with Gasteiger partial charge in [0.15, 0.2) is 5.82 Å². The molecule has 7 nitrogen and oxygen atoms in total. The summed E-state index contributed by atoms with van der Waals surface area (Å²) < 4.78 is 11.2. The highest BCUT2D eigenvalue weighted by Crippen LogP contribution is 2.52. The molecular weight excluding hydrogens is 346 g/mol. The van der Waals surface area contributed by atoms with E-state index in [9.17, 15) is 9.59 Å². The summed E-state index contributed by atoms with van der Waals surface area (Å²) in [5.41, 5.74) is 0.251. The van der Waals surface area contributed by atoms with Gasteiger partial charge >= 0.3 is 0 Å². The summed E-state index contributed by atoms with van der Waals surface area (Å²) in [7, 11) is 0. The van der Waals surface area contributed by atoms with Crippen molar-refractivity contribution in [3.63, 3.8) is 0 Å². The number of carbonyl (C=O) groups is 2. The van der Waals surface area contributed by atoms with E-state index in [0.29, 0.717) is 24.7 Å². The molecule has 138 valence electrons. The molecule has 27 heavy (non-hydrogen) atoms. The van der Waals surface area contributed by atoms with Crippen LogP contribution in [0.5, 0.6) is 0 Å². The number of carbonyl (C=O) groups excluding carboxylic acids is 2. The van der Waals surface area contributed by atoms with Crippen LogP contribution < -0.4 is 10.2 Å². The largest absolute Gasteiger partial charge is 0.360 e. The number of benzene rings is 1. The second-order valence-electron chi connectivity index (χ2n) is 7.32. The Morgan fingerprint density at radius 2 is 2.19 bits per heavy atom. The summed E-state index contributed by atoms with van der Waals surface area (Å²) in [5, 5.41) is 6.91. The van der Waals surface area contributed by atoms with E-state index < -0.39 is 17.4 Å². The van der Waals surface area contributed by atoms with Crippen molar-refractivity contribution in [1.29, 1.82) is 0 Å². The lowest BCUT2D eigenvalue weighted by molar-refractivity contribution is -0.132. The second kappa shape index (κ2) is 5.79. The Morgan fingerprint density at radius 1 is 1.37 bits per heavy atom. The molecule has 2 bridgehead atoms. The van der Waals surface area contributed by atoms with Crippen LogP contribution in [-0.4, -0.2) is 35.2 Å². The van der Waals surface area contributed by atoms with Crippen molar-refractivity contribution in [3.05, 3.63) is 59.9 Å². The van der Waals surface area contributed by atoms with Gasteiger partial charge in [-0.1, -0.05) is 47.6 Å². The van der Waals surface area contributed by atoms with Gasteiger partial charge in [-0.05, 0) is 12.5 Å². The van der Waals surface area contributed by atoms with E-state index in [1.165, 1.54) is 0 Å². The van der Waals surface area contributed by atoms with Crippen LogP contribution in [0, 0.1) is 18.8 Å². The number of hydrogen-bond acceptors (Lipinski definition) is 5.